The first-order valence-electron chi connectivity index (χ1n) is 12.0. The van der Waals surface area contributed by atoms with E-state index in [1.54, 1.807) is 41.7 Å². The number of anilines is 4. The van der Waals surface area contributed by atoms with Gasteiger partial charge in [-0.25, -0.2) is 14.4 Å². The molecule has 0 saturated carbocycles. The largest absolute Gasteiger partial charge is 0.331 e. The number of aromatic nitrogens is 2. The molecule has 2 heterocycles. The Morgan fingerprint density at radius 1 is 0.610 bits per heavy atom. The number of hydrogen-bond donors (Lipinski definition) is 2. The first kappa shape index (κ1) is 29.5. The molecule has 41 heavy (non-hydrogen) atoms. The van der Waals surface area contributed by atoms with Crippen LogP contribution in [0.25, 0.3) is 22.5 Å². The van der Waals surface area contributed by atoms with E-state index in [1.807, 2.05) is 59.3 Å². The SMILES string of the molecule is Clc1cccc(Nc2nc(-c3ccc(Br)cc3)cs2)c1.Fc1ccc(-c2csc(Nc3cc(Cl)cc(Cl)c3)n2)cc1. The maximum atomic E-state index is 12.9. The quantitative estimate of drug-likeness (QED) is 0.181. The van der Waals surface area contributed by atoms with Crippen molar-refractivity contribution in [1.82, 2.24) is 9.97 Å². The van der Waals surface area contributed by atoms with Crippen molar-refractivity contribution < 1.29 is 4.39 Å². The van der Waals surface area contributed by atoms with Crippen LogP contribution in [0, 0.1) is 5.82 Å². The fourth-order valence-electron chi connectivity index (χ4n) is 3.61. The summed E-state index contributed by atoms with van der Waals surface area (Å²) in [6.45, 7) is 0. The predicted octanol–water partition coefficient (Wildman–Crippen LogP) is 12.0. The second-order valence-corrected chi connectivity index (χ2v) is 12.4. The Labute approximate surface area is 267 Å². The lowest BCUT2D eigenvalue weighted by atomic mass is 10.2. The van der Waals surface area contributed by atoms with E-state index in [2.05, 4.69) is 36.5 Å². The lowest BCUT2D eigenvalue weighted by Crippen LogP contribution is -1.89. The van der Waals surface area contributed by atoms with Crippen molar-refractivity contribution in [2.75, 3.05) is 10.6 Å². The highest BCUT2D eigenvalue weighted by Gasteiger charge is 2.07. The van der Waals surface area contributed by atoms with E-state index < -0.39 is 0 Å². The van der Waals surface area contributed by atoms with Crippen LogP contribution in [0.1, 0.15) is 0 Å². The van der Waals surface area contributed by atoms with Crippen molar-refractivity contribution in [3.63, 3.8) is 0 Å². The van der Waals surface area contributed by atoms with Crippen LogP contribution in [0.4, 0.5) is 26.0 Å². The van der Waals surface area contributed by atoms with Crippen LogP contribution in [0.2, 0.25) is 15.1 Å². The van der Waals surface area contributed by atoms with Gasteiger partial charge in [-0.3, -0.25) is 0 Å². The maximum absolute atomic E-state index is 12.9. The molecule has 206 valence electrons. The van der Waals surface area contributed by atoms with Gasteiger partial charge in [-0.15, -0.1) is 22.7 Å². The molecule has 4 nitrogen and oxygen atoms in total. The number of benzene rings is 4. The Balaban J connectivity index is 0.000000165. The van der Waals surface area contributed by atoms with Crippen LogP contribution < -0.4 is 10.6 Å². The molecule has 11 heteroatoms. The smallest absolute Gasteiger partial charge is 0.187 e. The summed E-state index contributed by atoms with van der Waals surface area (Å²) < 4.78 is 14.0. The van der Waals surface area contributed by atoms with Gasteiger partial charge in [0.05, 0.1) is 11.4 Å². The zero-order valence-electron chi connectivity index (χ0n) is 20.9. The van der Waals surface area contributed by atoms with Gasteiger partial charge in [-0.05, 0) is 72.8 Å². The second kappa shape index (κ2) is 13.8. The second-order valence-electron chi connectivity index (χ2n) is 8.51. The van der Waals surface area contributed by atoms with E-state index in [0.717, 1.165) is 43.5 Å². The Morgan fingerprint density at radius 2 is 1.12 bits per heavy atom. The summed E-state index contributed by atoms with van der Waals surface area (Å²) >= 11 is 24.3. The van der Waals surface area contributed by atoms with Gasteiger partial charge in [0.15, 0.2) is 10.3 Å². The van der Waals surface area contributed by atoms with E-state index >= 15 is 0 Å². The van der Waals surface area contributed by atoms with Gasteiger partial charge in [0.1, 0.15) is 5.82 Å². The highest BCUT2D eigenvalue weighted by molar-refractivity contribution is 9.10. The first-order valence-corrected chi connectivity index (χ1v) is 15.7. The molecule has 0 aliphatic rings. The molecule has 6 aromatic rings. The molecule has 0 spiro atoms. The molecule has 0 aliphatic carbocycles. The Morgan fingerprint density at radius 3 is 1.68 bits per heavy atom. The normalized spacial score (nSPS) is 10.6. The van der Waals surface area contributed by atoms with Gasteiger partial charge in [-0.2, -0.15) is 0 Å². The minimum absolute atomic E-state index is 0.263. The number of halogens is 5. The molecule has 2 aromatic heterocycles. The Hall–Kier alpha value is -2.98. The molecule has 0 bridgehead atoms. The van der Waals surface area contributed by atoms with Crippen molar-refractivity contribution >= 4 is 95.0 Å². The number of nitrogens with one attached hydrogen (secondary N) is 2. The highest BCUT2D eigenvalue weighted by Crippen LogP contribution is 2.31. The predicted molar refractivity (Wildman–Crippen MR) is 177 cm³/mol. The van der Waals surface area contributed by atoms with E-state index in [9.17, 15) is 4.39 Å². The zero-order valence-corrected chi connectivity index (χ0v) is 26.4. The summed E-state index contributed by atoms with van der Waals surface area (Å²) in [6, 6.07) is 27.2. The van der Waals surface area contributed by atoms with Crippen molar-refractivity contribution in [3.8, 4) is 22.5 Å². The third kappa shape index (κ3) is 8.52. The standard InChI is InChI=1S/C15H10BrClN2S.C15H9Cl2FN2S/c16-11-6-4-10(5-7-11)14-9-20-15(19-14)18-13-3-1-2-12(17)8-13;16-10-5-11(17)7-13(6-10)19-15-20-14(8-21-15)9-1-3-12(18)4-2-9/h1-9H,(H,18,19);1-8H,(H,19,20). The van der Waals surface area contributed by atoms with Crippen LogP contribution in [0.5, 0.6) is 0 Å². The third-order valence-corrected chi connectivity index (χ3v) is 8.19. The number of nitrogens with zero attached hydrogens (tertiary/aromatic N) is 2. The van der Waals surface area contributed by atoms with Gasteiger partial charge >= 0.3 is 0 Å². The molecule has 0 fully saturated rings. The molecule has 0 amide bonds. The summed E-state index contributed by atoms with van der Waals surface area (Å²) in [6.07, 6.45) is 0. The third-order valence-electron chi connectivity index (χ3n) is 5.48. The topological polar surface area (TPSA) is 49.8 Å². The Kier molecular flexibility index (Phi) is 9.92. The van der Waals surface area contributed by atoms with Crippen LogP contribution in [-0.2, 0) is 0 Å². The van der Waals surface area contributed by atoms with E-state index in [-0.39, 0.29) is 5.82 Å². The lowest BCUT2D eigenvalue weighted by molar-refractivity contribution is 0.628. The van der Waals surface area contributed by atoms with Gasteiger partial charge in [0, 0.05) is 52.8 Å². The van der Waals surface area contributed by atoms with E-state index in [0.29, 0.717) is 20.2 Å². The number of hydrogen-bond acceptors (Lipinski definition) is 6. The molecule has 0 unspecified atom stereocenters. The minimum atomic E-state index is -0.263. The van der Waals surface area contributed by atoms with Crippen molar-refractivity contribution in [2.45, 2.75) is 0 Å². The summed E-state index contributed by atoms with van der Waals surface area (Å²) in [4.78, 5) is 9.05. The van der Waals surface area contributed by atoms with Crippen molar-refractivity contribution in [2.24, 2.45) is 0 Å². The molecule has 0 atom stereocenters. The van der Waals surface area contributed by atoms with Crippen LogP contribution >= 0.6 is 73.4 Å². The molecule has 0 aliphatic heterocycles. The fourth-order valence-corrected chi connectivity index (χ4v) is 6.07. The van der Waals surface area contributed by atoms with Gasteiger partial charge in [-0.1, -0.05) is 68.9 Å². The number of thiazole rings is 2. The molecule has 6 rings (SSSR count). The van der Waals surface area contributed by atoms with Gasteiger partial charge in [0.25, 0.3) is 0 Å². The van der Waals surface area contributed by atoms with Crippen LogP contribution in [0.3, 0.4) is 0 Å². The zero-order chi connectivity index (χ0) is 28.8. The van der Waals surface area contributed by atoms with E-state index in [4.69, 9.17) is 34.8 Å². The van der Waals surface area contributed by atoms with Crippen molar-refractivity contribution in [3.05, 3.63) is 127 Å². The average molecular weight is 705 g/mol. The monoisotopic (exact) mass is 702 g/mol. The maximum Gasteiger partial charge on any atom is 0.187 e. The molecule has 0 radical (unpaired) electrons. The lowest BCUT2D eigenvalue weighted by Gasteiger charge is -2.03. The summed E-state index contributed by atoms with van der Waals surface area (Å²) in [7, 11) is 0. The first-order chi connectivity index (χ1) is 19.8. The van der Waals surface area contributed by atoms with Crippen LogP contribution in [-0.4, -0.2) is 9.97 Å². The minimum Gasteiger partial charge on any atom is -0.331 e. The molecule has 0 saturated heterocycles. The number of rotatable bonds is 6. The Bertz CT molecular complexity index is 1740. The molecular weight excluding hydrogens is 686 g/mol. The summed E-state index contributed by atoms with van der Waals surface area (Å²) in [5.74, 6) is -0.263. The summed E-state index contributed by atoms with van der Waals surface area (Å²) in [5.41, 5.74) is 5.43. The highest BCUT2D eigenvalue weighted by atomic mass is 79.9. The van der Waals surface area contributed by atoms with Crippen molar-refractivity contribution in [1.29, 1.82) is 0 Å². The summed E-state index contributed by atoms with van der Waals surface area (Å²) in [5, 5.41) is 13.7. The average Bonchev–Trinajstić information content (AvgIpc) is 3.59. The molecule has 2 N–H and O–H groups in total. The fraction of sp³-hybridized carbons (Fsp3) is 0. The van der Waals surface area contributed by atoms with Gasteiger partial charge in [0.2, 0.25) is 0 Å². The van der Waals surface area contributed by atoms with E-state index in [1.165, 1.54) is 23.5 Å². The molecule has 4 aromatic carbocycles. The molecular formula is C30H19BrCl3FN4S2. The van der Waals surface area contributed by atoms with Crippen LogP contribution in [0.15, 0.2) is 106 Å². The van der Waals surface area contributed by atoms with Gasteiger partial charge < -0.3 is 10.6 Å².